The highest BCUT2D eigenvalue weighted by molar-refractivity contribution is 5.79. The first-order chi connectivity index (χ1) is 12.1. The van der Waals surface area contributed by atoms with Crippen LogP contribution in [-0.4, -0.2) is 48.3 Å². The molecule has 0 unspecified atom stereocenters. The van der Waals surface area contributed by atoms with Crippen LogP contribution in [-0.2, 0) is 4.74 Å². The van der Waals surface area contributed by atoms with Gasteiger partial charge in [0, 0.05) is 7.11 Å². The smallest absolute Gasteiger partial charge is 0.211 e. The lowest BCUT2D eigenvalue weighted by Gasteiger charge is -2.22. The van der Waals surface area contributed by atoms with E-state index in [4.69, 9.17) is 28.4 Å². The molecule has 0 atom stereocenters. The molecule has 0 aliphatic rings. The maximum absolute atomic E-state index is 9.35. The van der Waals surface area contributed by atoms with E-state index in [2.05, 4.69) is 6.07 Å². The molecule has 1 rings (SSSR count). The van der Waals surface area contributed by atoms with Gasteiger partial charge in [-0.05, 0) is 19.9 Å². The van der Waals surface area contributed by atoms with E-state index in [-0.39, 0.29) is 6.61 Å². The highest BCUT2D eigenvalue weighted by Crippen LogP contribution is 2.54. The summed E-state index contributed by atoms with van der Waals surface area (Å²) >= 11 is 0. The lowest BCUT2D eigenvalue weighted by molar-refractivity contribution is 0.229. The van der Waals surface area contributed by atoms with E-state index in [1.165, 1.54) is 28.4 Å². The molecule has 0 heterocycles. The van der Waals surface area contributed by atoms with Crippen LogP contribution in [0.15, 0.2) is 5.57 Å². The van der Waals surface area contributed by atoms with Crippen molar-refractivity contribution in [3.63, 3.8) is 0 Å². The highest BCUT2D eigenvalue weighted by atomic mass is 16.6. The number of benzene rings is 1. The summed E-state index contributed by atoms with van der Waals surface area (Å²) in [5.41, 5.74) is 0.936. The van der Waals surface area contributed by atoms with Crippen LogP contribution in [0.2, 0.25) is 0 Å². The molecule has 0 aliphatic heterocycles. The fourth-order valence-electron chi connectivity index (χ4n) is 2.36. The van der Waals surface area contributed by atoms with Gasteiger partial charge in [0.25, 0.3) is 0 Å². The van der Waals surface area contributed by atoms with Crippen molar-refractivity contribution in [3.05, 3.63) is 11.1 Å². The van der Waals surface area contributed by atoms with Crippen molar-refractivity contribution in [2.75, 3.05) is 48.3 Å². The Morgan fingerprint density at radius 1 is 0.840 bits per heavy atom. The number of ether oxygens (including phenoxy) is 6. The molecule has 1 aromatic rings. The minimum absolute atomic E-state index is 0.157. The molecule has 25 heavy (non-hydrogen) atoms. The van der Waals surface area contributed by atoms with E-state index in [0.29, 0.717) is 53.1 Å². The Bertz CT molecular complexity index is 613. The topological polar surface area (TPSA) is 79.2 Å². The third-order valence-corrected chi connectivity index (χ3v) is 3.27. The molecule has 0 spiro atoms. The molecule has 0 aliphatic carbocycles. The Kier molecular flexibility index (Phi) is 8.44. The largest absolute Gasteiger partial charge is 0.490 e. The number of nitriles is 1. The Morgan fingerprint density at radius 2 is 1.28 bits per heavy atom. The van der Waals surface area contributed by atoms with Crippen LogP contribution in [0.4, 0.5) is 0 Å². The van der Waals surface area contributed by atoms with Crippen molar-refractivity contribution >= 4 is 6.08 Å². The summed E-state index contributed by atoms with van der Waals surface area (Å²) < 4.78 is 33.0. The first-order valence-electron chi connectivity index (χ1n) is 7.84. The maximum Gasteiger partial charge on any atom is 0.211 e. The van der Waals surface area contributed by atoms with Crippen LogP contribution in [0.3, 0.4) is 0 Å². The fraction of sp³-hybridized carbons (Fsp3) is 0.500. The predicted octanol–water partition coefficient (Wildman–Crippen LogP) is 3.06. The second-order valence-corrected chi connectivity index (χ2v) is 4.75. The summed E-state index contributed by atoms with van der Waals surface area (Å²) in [4.78, 5) is 0. The van der Waals surface area contributed by atoms with Crippen molar-refractivity contribution in [2.45, 2.75) is 13.8 Å². The van der Waals surface area contributed by atoms with Crippen molar-refractivity contribution in [3.8, 4) is 34.8 Å². The summed E-state index contributed by atoms with van der Waals surface area (Å²) in [6.07, 6.45) is 1.64. The lowest BCUT2D eigenvalue weighted by Crippen LogP contribution is -2.06. The highest BCUT2D eigenvalue weighted by Gasteiger charge is 2.28. The molecule has 0 radical (unpaired) electrons. The lowest BCUT2D eigenvalue weighted by atomic mass is 10.1. The van der Waals surface area contributed by atoms with Crippen molar-refractivity contribution in [1.29, 1.82) is 5.26 Å². The van der Waals surface area contributed by atoms with Crippen LogP contribution in [0, 0.1) is 11.3 Å². The van der Waals surface area contributed by atoms with E-state index >= 15 is 0 Å². The van der Waals surface area contributed by atoms with E-state index in [1.54, 1.807) is 6.08 Å². The van der Waals surface area contributed by atoms with Gasteiger partial charge in [0.1, 0.15) is 0 Å². The van der Waals surface area contributed by atoms with Crippen LogP contribution in [0.1, 0.15) is 19.4 Å². The zero-order chi connectivity index (χ0) is 18.8. The first kappa shape index (κ1) is 20.5. The summed E-state index contributed by atoms with van der Waals surface area (Å²) in [7, 11) is 6.04. The molecule has 0 N–H and O–H groups in total. The van der Waals surface area contributed by atoms with Gasteiger partial charge in [-0.2, -0.15) is 5.26 Å². The molecule has 0 amide bonds. The zero-order valence-corrected chi connectivity index (χ0v) is 15.6. The Balaban J connectivity index is 3.88. The minimum Gasteiger partial charge on any atom is -0.490 e. The fourth-order valence-corrected chi connectivity index (χ4v) is 2.36. The monoisotopic (exact) mass is 351 g/mol. The standard InChI is InChI=1S/C18H25NO6/c1-7-24-14-13(9-12(10-19)11-20-3)15(25-8-2)17(22-5)18(23-6)16(14)21-4/h9H,7-8,11H2,1-6H3. The number of methoxy groups -OCH3 is 4. The van der Waals surface area contributed by atoms with Crippen molar-refractivity contribution in [1.82, 2.24) is 0 Å². The quantitative estimate of drug-likeness (QED) is 0.599. The average Bonchev–Trinajstić information content (AvgIpc) is 2.63. The van der Waals surface area contributed by atoms with Crippen LogP contribution < -0.4 is 23.7 Å². The number of hydrogen-bond acceptors (Lipinski definition) is 7. The van der Waals surface area contributed by atoms with Crippen molar-refractivity contribution in [2.24, 2.45) is 0 Å². The molecule has 7 heteroatoms. The SMILES string of the molecule is CCOc1c(C=C(C#N)COC)c(OCC)c(OC)c(OC)c1OC. The van der Waals surface area contributed by atoms with Gasteiger partial charge < -0.3 is 28.4 Å². The van der Waals surface area contributed by atoms with Gasteiger partial charge in [0.2, 0.25) is 17.2 Å². The number of rotatable bonds is 10. The molecule has 138 valence electrons. The Labute approximate surface area is 148 Å². The molecule has 0 saturated carbocycles. The van der Waals surface area contributed by atoms with E-state index in [9.17, 15) is 5.26 Å². The molecule has 0 saturated heterocycles. The van der Waals surface area contributed by atoms with Gasteiger partial charge in [-0.15, -0.1) is 0 Å². The average molecular weight is 351 g/mol. The molecule has 1 aromatic carbocycles. The maximum atomic E-state index is 9.35. The third kappa shape index (κ3) is 4.48. The second kappa shape index (κ2) is 10.3. The van der Waals surface area contributed by atoms with Gasteiger partial charge in [-0.3, -0.25) is 0 Å². The predicted molar refractivity (Wildman–Crippen MR) is 93.9 cm³/mol. The molecule has 7 nitrogen and oxygen atoms in total. The van der Waals surface area contributed by atoms with E-state index in [0.717, 1.165) is 0 Å². The molecule has 0 bridgehead atoms. The van der Waals surface area contributed by atoms with Gasteiger partial charge in [-0.25, -0.2) is 0 Å². The first-order valence-corrected chi connectivity index (χ1v) is 7.84. The molecule has 0 fully saturated rings. The number of hydrogen-bond donors (Lipinski definition) is 0. The summed E-state index contributed by atoms with van der Waals surface area (Å²) in [5.74, 6) is 1.92. The summed E-state index contributed by atoms with van der Waals surface area (Å²) in [5, 5.41) is 9.35. The zero-order valence-electron chi connectivity index (χ0n) is 15.6. The molecular formula is C18H25NO6. The summed E-state index contributed by atoms with van der Waals surface area (Å²) in [6.45, 7) is 4.65. The van der Waals surface area contributed by atoms with Gasteiger partial charge in [-0.1, -0.05) is 0 Å². The van der Waals surface area contributed by atoms with E-state index < -0.39 is 0 Å². The van der Waals surface area contributed by atoms with Gasteiger partial charge in [0.15, 0.2) is 11.5 Å². The van der Waals surface area contributed by atoms with Gasteiger partial charge in [0.05, 0.1) is 58.4 Å². The molecular weight excluding hydrogens is 326 g/mol. The van der Waals surface area contributed by atoms with Crippen LogP contribution >= 0.6 is 0 Å². The minimum atomic E-state index is 0.157. The van der Waals surface area contributed by atoms with Gasteiger partial charge >= 0.3 is 0 Å². The third-order valence-electron chi connectivity index (χ3n) is 3.27. The van der Waals surface area contributed by atoms with Crippen LogP contribution in [0.25, 0.3) is 6.08 Å². The molecule has 0 aromatic heterocycles. The summed E-state index contributed by atoms with van der Waals surface area (Å²) in [6, 6.07) is 2.11. The van der Waals surface area contributed by atoms with Crippen molar-refractivity contribution < 1.29 is 28.4 Å². The second-order valence-electron chi connectivity index (χ2n) is 4.75. The van der Waals surface area contributed by atoms with Crippen LogP contribution in [0.5, 0.6) is 28.7 Å². The number of nitrogens with zero attached hydrogens (tertiary/aromatic N) is 1. The van der Waals surface area contributed by atoms with E-state index in [1.807, 2.05) is 13.8 Å². The normalized spacial score (nSPS) is 10.8. The Morgan fingerprint density at radius 3 is 1.60 bits per heavy atom. The Hall–Kier alpha value is -2.59.